The van der Waals surface area contributed by atoms with Crippen molar-refractivity contribution in [3.63, 3.8) is 0 Å². The van der Waals surface area contributed by atoms with E-state index in [0.29, 0.717) is 10.1 Å². The Kier molecular flexibility index (Phi) is 3.71. The van der Waals surface area contributed by atoms with Gasteiger partial charge in [-0.15, -0.1) is 11.3 Å². The third kappa shape index (κ3) is 3.16. The minimum Gasteiger partial charge on any atom is -0.332 e. The molecule has 1 aromatic heterocycles. The molecule has 0 spiro atoms. The van der Waals surface area contributed by atoms with Gasteiger partial charge in [0.2, 0.25) is 0 Å². The van der Waals surface area contributed by atoms with Crippen LogP contribution in [-0.2, 0) is 0 Å². The van der Waals surface area contributed by atoms with E-state index in [9.17, 15) is 0 Å². The Labute approximate surface area is 107 Å². The third-order valence-corrected chi connectivity index (χ3v) is 2.90. The van der Waals surface area contributed by atoms with Crippen molar-refractivity contribution in [1.82, 2.24) is 4.98 Å². The number of thiocarbonyl (C=S) groups is 1. The summed E-state index contributed by atoms with van der Waals surface area (Å²) in [5.74, 6) is 0. The molecule has 3 nitrogen and oxygen atoms in total. The number of nitrogens with one attached hydrogen (secondary N) is 2. The maximum absolute atomic E-state index is 5.78. The van der Waals surface area contributed by atoms with E-state index in [1.165, 1.54) is 11.3 Å². The maximum Gasteiger partial charge on any atom is 0.188 e. The van der Waals surface area contributed by atoms with Gasteiger partial charge in [0, 0.05) is 22.3 Å². The predicted molar refractivity (Wildman–Crippen MR) is 73.4 cm³/mol. The van der Waals surface area contributed by atoms with Gasteiger partial charge in [-0.2, -0.15) is 0 Å². The van der Waals surface area contributed by atoms with Gasteiger partial charge in [-0.1, -0.05) is 11.6 Å². The topological polar surface area (TPSA) is 37.0 Å². The van der Waals surface area contributed by atoms with Crippen LogP contribution in [0.1, 0.15) is 0 Å². The van der Waals surface area contributed by atoms with Gasteiger partial charge in [0.1, 0.15) is 0 Å². The average Bonchev–Trinajstić information content (AvgIpc) is 2.74. The van der Waals surface area contributed by atoms with E-state index in [1.54, 1.807) is 18.3 Å². The molecule has 82 valence electrons. The summed E-state index contributed by atoms with van der Waals surface area (Å²) in [6, 6.07) is 7.32. The third-order valence-electron chi connectivity index (χ3n) is 1.75. The summed E-state index contributed by atoms with van der Waals surface area (Å²) in [6.45, 7) is 0. The lowest BCUT2D eigenvalue weighted by Gasteiger charge is -2.07. The fourth-order valence-corrected chi connectivity index (χ4v) is 2.02. The van der Waals surface area contributed by atoms with Crippen LogP contribution in [0.25, 0.3) is 0 Å². The number of benzene rings is 1. The number of aromatic nitrogens is 1. The summed E-state index contributed by atoms with van der Waals surface area (Å²) in [5.41, 5.74) is 0.887. The van der Waals surface area contributed by atoms with Crippen LogP contribution in [0.5, 0.6) is 0 Å². The van der Waals surface area contributed by atoms with E-state index in [4.69, 9.17) is 23.8 Å². The van der Waals surface area contributed by atoms with Gasteiger partial charge in [-0.05, 0) is 36.5 Å². The lowest BCUT2D eigenvalue weighted by molar-refractivity contribution is 1.41. The molecule has 0 aliphatic carbocycles. The first-order valence-corrected chi connectivity index (χ1v) is 6.14. The first-order chi connectivity index (χ1) is 7.74. The second-order valence-corrected chi connectivity index (χ2v) is 4.66. The molecule has 2 rings (SSSR count). The molecule has 0 radical (unpaired) electrons. The second-order valence-electron chi connectivity index (χ2n) is 2.92. The van der Waals surface area contributed by atoms with Crippen molar-refractivity contribution in [3.05, 3.63) is 40.9 Å². The summed E-state index contributed by atoms with van der Waals surface area (Å²) >= 11 is 12.4. The van der Waals surface area contributed by atoms with Gasteiger partial charge in [0.25, 0.3) is 0 Å². The zero-order valence-corrected chi connectivity index (χ0v) is 10.5. The highest BCUT2D eigenvalue weighted by atomic mass is 35.5. The van der Waals surface area contributed by atoms with E-state index in [1.807, 2.05) is 17.5 Å². The molecule has 6 heteroatoms. The zero-order valence-electron chi connectivity index (χ0n) is 8.11. The molecular formula is C10H8ClN3S2. The molecule has 2 N–H and O–H groups in total. The molecule has 0 fully saturated rings. The average molecular weight is 270 g/mol. The largest absolute Gasteiger partial charge is 0.332 e. The van der Waals surface area contributed by atoms with Crippen LogP contribution in [0.2, 0.25) is 5.02 Å². The molecule has 0 bridgehead atoms. The molecule has 16 heavy (non-hydrogen) atoms. The highest BCUT2D eigenvalue weighted by Crippen LogP contribution is 2.15. The van der Waals surface area contributed by atoms with Gasteiger partial charge < -0.3 is 10.6 Å². The van der Waals surface area contributed by atoms with Crippen LogP contribution < -0.4 is 10.6 Å². The summed E-state index contributed by atoms with van der Waals surface area (Å²) in [7, 11) is 0. The Morgan fingerprint density at radius 1 is 1.25 bits per heavy atom. The predicted octanol–water partition coefficient (Wildman–Crippen LogP) is 3.61. The summed E-state index contributed by atoms with van der Waals surface area (Å²) in [6.07, 6.45) is 1.72. The molecule has 0 amide bonds. The molecule has 0 saturated carbocycles. The molecule has 0 aliphatic rings. The van der Waals surface area contributed by atoms with Crippen LogP contribution >= 0.6 is 35.2 Å². The van der Waals surface area contributed by atoms with E-state index in [2.05, 4.69) is 15.6 Å². The number of thiazole rings is 1. The summed E-state index contributed by atoms with van der Waals surface area (Å²) in [4.78, 5) is 4.07. The van der Waals surface area contributed by atoms with Crippen LogP contribution in [0.15, 0.2) is 35.8 Å². The molecule has 0 saturated heterocycles. The van der Waals surface area contributed by atoms with Crippen molar-refractivity contribution in [2.24, 2.45) is 0 Å². The number of halogens is 1. The zero-order chi connectivity index (χ0) is 11.4. The number of hydrogen-bond donors (Lipinski definition) is 2. The molecular weight excluding hydrogens is 262 g/mol. The van der Waals surface area contributed by atoms with Crippen LogP contribution in [-0.4, -0.2) is 10.1 Å². The normalized spacial score (nSPS) is 9.81. The maximum atomic E-state index is 5.78. The van der Waals surface area contributed by atoms with Gasteiger partial charge in [0.15, 0.2) is 10.2 Å². The van der Waals surface area contributed by atoms with Crippen molar-refractivity contribution in [2.45, 2.75) is 0 Å². The lowest BCUT2D eigenvalue weighted by Crippen LogP contribution is -2.18. The molecule has 1 aromatic carbocycles. The lowest BCUT2D eigenvalue weighted by atomic mass is 10.3. The van der Waals surface area contributed by atoms with Crippen LogP contribution in [0, 0.1) is 0 Å². The smallest absolute Gasteiger partial charge is 0.188 e. The van der Waals surface area contributed by atoms with Gasteiger partial charge >= 0.3 is 0 Å². The van der Waals surface area contributed by atoms with E-state index in [0.717, 1.165) is 10.8 Å². The second kappa shape index (κ2) is 5.25. The Morgan fingerprint density at radius 2 is 2.00 bits per heavy atom. The standard InChI is InChI=1S/C10H8ClN3S2/c11-7-1-3-8(4-2-7)13-9(15)14-10-12-5-6-16-10/h1-6H,(H2,12,13,14,15). The fraction of sp³-hybridized carbons (Fsp3) is 0. The summed E-state index contributed by atoms with van der Waals surface area (Å²) < 4.78 is 0. The Hall–Kier alpha value is -1.17. The Bertz CT molecular complexity index is 467. The minimum absolute atomic E-state index is 0.511. The number of hydrogen-bond acceptors (Lipinski definition) is 3. The minimum atomic E-state index is 0.511. The van der Waals surface area contributed by atoms with Crippen molar-refractivity contribution in [3.8, 4) is 0 Å². The summed E-state index contributed by atoms with van der Waals surface area (Å²) in [5, 5.41) is 9.88. The first kappa shape index (κ1) is 11.3. The molecule has 1 heterocycles. The number of anilines is 2. The van der Waals surface area contributed by atoms with E-state index < -0.39 is 0 Å². The molecule has 0 unspecified atom stereocenters. The first-order valence-electron chi connectivity index (χ1n) is 4.47. The molecule has 0 aliphatic heterocycles. The monoisotopic (exact) mass is 269 g/mol. The number of rotatable bonds is 2. The van der Waals surface area contributed by atoms with Gasteiger partial charge in [-0.25, -0.2) is 4.98 Å². The fourth-order valence-electron chi connectivity index (χ4n) is 1.08. The van der Waals surface area contributed by atoms with E-state index >= 15 is 0 Å². The molecule has 0 atom stereocenters. The van der Waals surface area contributed by atoms with Crippen LogP contribution in [0.3, 0.4) is 0 Å². The highest BCUT2D eigenvalue weighted by Gasteiger charge is 2.00. The Balaban J connectivity index is 1.95. The Morgan fingerprint density at radius 3 is 2.62 bits per heavy atom. The molecule has 2 aromatic rings. The SMILES string of the molecule is S=C(Nc1ccc(Cl)cc1)Nc1nccs1. The van der Waals surface area contributed by atoms with Gasteiger partial charge in [-0.3, -0.25) is 0 Å². The van der Waals surface area contributed by atoms with Crippen molar-refractivity contribution < 1.29 is 0 Å². The quantitative estimate of drug-likeness (QED) is 0.817. The highest BCUT2D eigenvalue weighted by molar-refractivity contribution is 7.80. The van der Waals surface area contributed by atoms with Gasteiger partial charge in [0.05, 0.1) is 0 Å². The number of nitrogens with zero attached hydrogens (tertiary/aromatic N) is 1. The van der Waals surface area contributed by atoms with Crippen molar-refractivity contribution in [2.75, 3.05) is 10.6 Å². The van der Waals surface area contributed by atoms with Crippen LogP contribution in [0.4, 0.5) is 10.8 Å². The van der Waals surface area contributed by atoms with E-state index in [-0.39, 0.29) is 0 Å². The van der Waals surface area contributed by atoms with Crippen molar-refractivity contribution in [1.29, 1.82) is 0 Å². The van der Waals surface area contributed by atoms with Crippen molar-refractivity contribution >= 4 is 51.1 Å².